The van der Waals surface area contributed by atoms with E-state index in [-0.39, 0.29) is 18.2 Å². The Kier molecular flexibility index (Phi) is 8.05. The lowest BCUT2D eigenvalue weighted by Crippen LogP contribution is -2.17. The maximum absolute atomic E-state index is 13.9. The molecule has 0 saturated heterocycles. The number of ether oxygens (including phenoxy) is 2. The molecule has 158 valence electrons. The lowest BCUT2D eigenvalue weighted by Gasteiger charge is -2.16. The van der Waals surface area contributed by atoms with E-state index in [9.17, 15) is 8.78 Å². The molecule has 1 N–H and O–H groups in total. The van der Waals surface area contributed by atoms with Crippen molar-refractivity contribution in [3.05, 3.63) is 94.0 Å². The molecule has 3 aromatic rings. The molecule has 0 spiro atoms. The summed E-state index contributed by atoms with van der Waals surface area (Å²) in [4.78, 5) is 0. The molecule has 3 nitrogen and oxygen atoms in total. The van der Waals surface area contributed by atoms with Crippen LogP contribution in [0, 0.1) is 11.6 Å². The highest BCUT2D eigenvalue weighted by atomic mass is 35.5. The maximum Gasteiger partial charge on any atom is 0.180 e. The monoisotopic (exact) mass is 431 g/mol. The Morgan fingerprint density at radius 3 is 2.23 bits per heavy atom. The average Bonchev–Trinajstić information content (AvgIpc) is 2.73. The van der Waals surface area contributed by atoms with Gasteiger partial charge < -0.3 is 14.8 Å². The first-order chi connectivity index (χ1) is 14.6. The van der Waals surface area contributed by atoms with Gasteiger partial charge in [-0.25, -0.2) is 8.78 Å². The molecule has 0 aliphatic rings. The molecule has 3 rings (SSSR count). The number of hydrogen-bond donors (Lipinski definition) is 1. The van der Waals surface area contributed by atoms with Gasteiger partial charge in [0.2, 0.25) is 0 Å². The average molecular weight is 432 g/mol. The fourth-order valence-corrected chi connectivity index (χ4v) is 3.34. The van der Waals surface area contributed by atoms with Crippen LogP contribution in [0.3, 0.4) is 0 Å². The van der Waals surface area contributed by atoms with Crippen LogP contribution in [-0.4, -0.2) is 13.2 Å². The number of halogens is 3. The first kappa shape index (κ1) is 22.1. The molecule has 0 radical (unpaired) electrons. The summed E-state index contributed by atoms with van der Waals surface area (Å²) < 4.78 is 39.0. The van der Waals surface area contributed by atoms with Crippen LogP contribution in [0.2, 0.25) is 5.02 Å². The van der Waals surface area contributed by atoms with E-state index in [0.717, 1.165) is 5.56 Å². The molecule has 0 saturated carbocycles. The van der Waals surface area contributed by atoms with Crippen molar-refractivity contribution in [2.75, 3.05) is 13.2 Å². The van der Waals surface area contributed by atoms with Gasteiger partial charge in [0.15, 0.2) is 11.5 Å². The first-order valence-electron chi connectivity index (χ1n) is 9.84. The van der Waals surface area contributed by atoms with Gasteiger partial charge in [0.25, 0.3) is 0 Å². The van der Waals surface area contributed by atoms with Gasteiger partial charge in [-0.05, 0) is 55.3 Å². The van der Waals surface area contributed by atoms with E-state index in [2.05, 4.69) is 5.32 Å². The van der Waals surface area contributed by atoms with Gasteiger partial charge >= 0.3 is 0 Å². The van der Waals surface area contributed by atoms with Crippen LogP contribution in [0.1, 0.15) is 23.6 Å². The molecule has 30 heavy (non-hydrogen) atoms. The Bertz CT molecular complexity index is 981. The van der Waals surface area contributed by atoms with Crippen molar-refractivity contribution < 1.29 is 18.3 Å². The molecule has 0 heterocycles. The lowest BCUT2D eigenvalue weighted by molar-refractivity contribution is 0.266. The Labute approximate surface area is 180 Å². The molecular weight excluding hydrogens is 408 g/mol. The summed E-state index contributed by atoms with van der Waals surface area (Å²) in [5.41, 5.74) is 2.03. The SMILES string of the molecule is CCOc1cc(CNCCc2ccccc2F)cc(Cl)c1OCc1ccccc1F. The van der Waals surface area contributed by atoms with Gasteiger partial charge in [-0.3, -0.25) is 0 Å². The molecule has 0 fully saturated rings. The molecule has 0 atom stereocenters. The molecule has 0 amide bonds. The van der Waals surface area contributed by atoms with Crippen molar-refractivity contribution in [3.8, 4) is 11.5 Å². The van der Waals surface area contributed by atoms with E-state index in [1.807, 2.05) is 19.1 Å². The van der Waals surface area contributed by atoms with Crippen molar-refractivity contribution >= 4 is 11.6 Å². The van der Waals surface area contributed by atoms with Gasteiger partial charge in [-0.1, -0.05) is 48.0 Å². The zero-order valence-corrected chi connectivity index (χ0v) is 17.5. The minimum Gasteiger partial charge on any atom is -0.490 e. The summed E-state index contributed by atoms with van der Waals surface area (Å²) in [5, 5.41) is 3.68. The number of rotatable bonds is 10. The van der Waals surface area contributed by atoms with Gasteiger partial charge in [-0.15, -0.1) is 0 Å². The minimum atomic E-state index is -0.331. The molecule has 0 aromatic heterocycles. The predicted molar refractivity (Wildman–Crippen MR) is 115 cm³/mol. The third kappa shape index (κ3) is 5.94. The molecule has 3 aromatic carbocycles. The van der Waals surface area contributed by atoms with E-state index in [0.29, 0.717) is 53.8 Å². The second-order valence-corrected chi connectivity index (χ2v) is 7.14. The number of nitrogens with one attached hydrogen (secondary N) is 1. The molecule has 0 aliphatic heterocycles. The molecular formula is C24H24ClF2NO2. The molecule has 6 heteroatoms. The van der Waals surface area contributed by atoms with Crippen LogP contribution < -0.4 is 14.8 Å². The second kappa shape index (κ2) is 11.0. The van der Waals surface area contributed by atoms with E-state index in [1.54, 1.807) is 36.4 Å². The van der Waals surface area contributed by atoms with Crippen molar-refractivity contribution in [1.82, 2.24) is 5.32 Å². The number of hydrogen-bond acceptors (Lipinski definition) is 3. The van der Waals surface area contributed by atoms with Crippen LogP contribution in [0.5, 0.6) is 11.5 Å². The highest BCUT2D eigenvalue weighted by Crippen LogP contribution is 2.37. The van der Waals surface area contributed by atoms with Gasteiger partial charge in [0, 0.05) is 12.1 Å². The van der Waals surface area contributed by atoms with Crippen molar-refractivity contribution in [2.24, 2.45) is 0 Å². The Hall–Kier alpha value is -2.63. The normalized spacial score (nSPS) is 10.8. The number of benzene rings is 3. The summed E-state index contributed by atoms with van der Waals surface area (Å²) in [7, 11) is 0. The van der Waals surface area contributed by atoms with Crippen molar-refractivity contribution in [3.63, 3.8) is 0 Å². The lowest BCUT2D eigenvalue weighted by atomic mass is 10.1. The van der Waals surface area contributed by atoms with E-state index in [4.69, 9.17) is 21.1 Å². The second-order valence-electron chi connectivity index (χ2n) is 6.74. The van der Waals surface area contributed by atoms with Crippen LogP contribution in [-0.2, 0) is 19.6 Å². The Morgan fingerprint density at radius 1 is 0.900 bits per heavy atom. The fourth-order valence-electron chi connectivity index (χ4n) is 3.05. The summed E-state index contributed by atoms with van der Waals surface area (Å²) in [5.74, 6) is 0.365. The Balaban J connectivity index is 1.63. The fraction of sp³-hybridized carbons (Fsp3) is 0.250. The quantitative estimate of drug-likeness (QED) is 0.404. The predicted octanol–water partition coefficient (Wildman–Crippen LogP) is 5.93. The first-order valence-corrected chi connectivity index (χ1v) is 10.2. The topological polar surface area (TPSA) is 30.5 Å². The molecule has 0 unspecified atom stereocenters. The minimum absolute atomic E-state index is 0.0483. The van der Waals surface area contributed by atoms with Gasteiger partial charge in [0.05, 0.1) is 11.6 Å². The summed E-state index contributed by atoms with van der Waals surface area (Å²) >= 11 is 6.43. The highest BCUT2D eigenvalue weighted by Gasteiger charge is 2.14. The molecule has 0 aliphatic carbocycles. The van der Waals surface area contributed by atoms with Crippen molar-refractivity contribution in [2.45, 2.75) is 26.5 Å². The standard InChI is InChI=1S/C24H24ClF2NO2/c1-2-29-23-14-17(15-28-12-11-18-7-3-5-9-21(18)26)13-20(25)24(23)30-16-19-8-4-6-10-22(19)27/h3-10,13-14,28H,2,11-12,15-16H2,1H3. The van der Waals surface area contributed by atoms with Crippen LogP contribution >= 0.6 is 11.6 Å². The summed E-state index contributed by atoms with van der Waals surface area (Å²) in [6.07, 6.45) is 0.586. The van der Waals surface area contributed by atoms with E-state index in [1.165, 1.54) is 12.1 Å². The summed E-state index contributed by atoms with van der Waals surface area (Å²) in [6.45, 7) is 3.52. The third-order valence-corrected chi connectivity index (χ3v) is 4.84. The summed E-state index contributed by atoms with van der Waals surface area (Å²) in [6, 6.07) is 16.8. The van der Waals surface area contributed by atoms with E-state index < -0.39 is 0 Å². The van der Waals surface area contributed by atoms with Crippen molar-refractivity contribution in [1.29, 1.82) is 0 Å². The van der Waals surface area contributed by atoms with Crippen LogP contribution in [0.25, 0.3) is 0 Å². The highest BCUT2D eigenvalue weighted by molar-refractivity contribution is 6.32. The molecule has 0 bridgehead atoms. The van der Waals surface area contributed by atoms with Gasteiger partial charge in [0.1, 0.15) is 18.2 Å². The van der Waals surface area contributed by atoms with Crippen LogP contribution in [0.15, 0.2) is 60.7 Å². The van der Waals surface area contributed by atoms with E-state index >= 15 is 0 Å². The van der Waals surface area contributed by atoms with Gasteiger partial charge in [-0.2, -0.15) is 0 Å². The zero-order valence-electron chi connectivity index (χ0n) is 16.8. The zero-order chi connectivity index (χ0) is 21.3. The maximum atomic E-state index is 13.9. The third-order valence-electron chi connectivity index (χ3n) is 4.56. The van der Waals surface area contributed by atoms with Crippen LogP contribution in [0.4, 0.5) is 8.78 Å². The largest absolute Gasteiger partial charge is 0.490 e. The smallest absolute Gasteiger partial charge is 0.180 e. The Morgan fingerprint density at radius 2 is 1.57 bits per heavy atom.